The Kier molecular flexibility index (Phi) is 6.93. The Morgan fingerprint density at radius 3 is 2.58 bits per heavy atom. The largest absolute Gasteiger partial charge is 0.490 e. The lowest BCUT2D eigenvalue weighted by molar-refractivity contribution is -0.385. The van der Waals surface area contributed by atoms with Crippen molar-refractivity contribution >= 4 is 41.1 Å². The second-order valence-corrected chi connectivity index (χ2v) is 7.61. The van der Waals surface area contributed by atoms with Crippen molar-refractivity contribution in [1.82, 2.24) is 14.8 Å². The first-order valence-electron chi connectivity index (χ1n) is 8.98. The van der Waals surface area contributed by atoms with Crippen LogP contribution in [0.2, 0.25) is 5.02 Å². The number of nitro benzene ring substituents is 1. The minimum Gasteiger partial charge on any atom is -0.490 e. The maximum absolute atomic E-state index is 11.8. The fourth-order valence-electron chi connectivity index (χ4n) is 2.79. The highest BCUT2D eigenvalue weighted by Gasteiger charge is 2.20. The van der Waals surface area contributed by atoms with Crippen molar-refractivity contribution in [2.24, 2.45) is 0 Å². The van der Waals surface area contributed by atoms with E-state index in [1.165, 1.54) is 25.3 Å². The highest BCUT2D eigenvalue weighted by Crippen LogP contribution is 2.33. The summed E-state index contributed by atoms with van der Waals surface area (Å²) in [5.41, 5.74) is 0.878. The van der Waals surface area contributed by atoms with Gasteiger partial charge in [0.1, 0.15) is 4.91 Å². The Morgan fingerprint density at radius 1 is 1.29 bits per heavy atom. The summed E-state index contributed by atoms with van der Waals surface area (Å²) in [4.78, 5) is 22.4. The molecule has 3 rings (SSSR count). The van der Waals surface area contributed by atoms with E-state index in [1.807, 2.05) is 6.92 Å². The average Bonchev–Trinajstić information content (AvgIpc) is 3.16. The summed E-state index contributed by atoms with van der Waals surface area (Å²) < 4.78 is 6.76. The third kappa shape index (κ3) is 5.04. The number of methoxy groups -OCH3 is 1. The number of hydrogen-bond acceptors (Lipinski definition) is 7. The lowest BCUT2D eigenvalue weighted by Crippen LogP contribution is -2.03. The van der Waals surface area contributed by atoms with Gasteiger partial charge in [-0.15, -0.1) is 10.2 Å². The molecular formula is C20H17ClN4O5S. The van der Waals surface area contributed by atoms with Crippen LogP contribution in [-0.2, 0) is 11.3 Å². The topological polar surface area (TPSA) is 120 Å². The summed E-state index contributed by atoms with van der Waals surface area (Å²) in [6.45, 7) is 2.40. The van der Waals surface area contributed by atoms with E-state index in [2.05, 4.69) is 10.2 Å². The van der Waals surface area contributed by atoms with Gasteiger partial charge in [-0.25, -0.2) is 4.79 Å². The van der Waals surface area contributed by atoms with Crippen LogP contribution in [0.1, 0.15) is 12.5 Å². The summed E-state index contributed by atoms with van der Waals surface area (Å²) in [5, 5.41) is 30.2. The summed E-state index contributed by atoms with van der Waals surface area (Å²) in [6.07, 6.45) is 1.34. The molecule has 31 heavy (non-hydrogen) atoms. The number of halogens is 1. The van der Waals surface area contributed by atoms with Crippen LogP contribution in [0.15, 0.2) is 52.5 Å². The molecule has 0 fully saturated rings. The molecule has 0 saturated carbocycles. The number of benzene rings is 2. The maximum Gasteiger partial charge on any atom is 0.342 e. The normalized spacial score (nSPS) is 11.4. The zero-order chi connectivity index (χ0) is 22.5. The van der Waals surface area contributed by atoms with Gasteiger partial charge in [-0.1, -0.05) is 17.7 Å². The van der Waals surface area contributed by atoms with Crippen molar-refractivity contribution in [2.75, 3.05) is 7.11 Å². The number of thioether (sulfide) groups is 1. The van der Waals surface area contributed by atoms with Gasteiger partial charge in [-0.2, -0.15) is 0 Å². The highest BCUT2D eigenvalue weighted by molar-refractivity contribution is 8.04. The van der Waals surface area contributed by atoms with E-state index < -0.39 is 10.9 Å². The number of carboxylic acids is 1. The van der Waals surface area contributed by atoms with Crippen LogP contribution in [0.4, 0.5) is 5.69 Å². The number of carbonyl (C=O) groups is 1. The van der Waals surface area contributed by atoms with Gasteiger partial charge >= 0.3 is 11.7 Å². The number of rotatable bonds is 8. The fraction of sp³-hybridized carbons (Fsp3) is 0.150. The molecule has 9 nitrogen and oxygen atoms in total. The van der Waals surface area contributed by atoms with Crippen molar-refractivity contribution in [3.8, 4) is 17.1 Å². The van der Waals surface area contributed by atoms with E-state index in [4.69, 9.17) is 16.3 Å². The molecule has 0 unspecified atom stereocenters. The molecule has 0 saturated heterocycles. The summed E-state index contributed by atoms with van der Waals surface area (Å²) in [5.74, 6) is -0.529. The van der Waals surface area contributed by atoms with Crippen LogP contribution in [-0.4, -0.2) is 37.9 Å². The van der Waals surface area contributed by atoms with Crippen LogP contribution in [0.25, 0.3) is 17.5 Å². The molecule has 0 spiro atoms. The lowest BCUT2D eigenvalue weighted by atomic mass is 10.1. The predicted molar refractivity (Wildman–Crippen MR) is 117 cm³/mol. The van der Waals surface area contributed by atoms with Crippen LogP contribution in [0.3, 0.4) is 0 Å². The van der Waals surface area contributed by atoms with E-state index in [1.54, 1.807) is 34.9 Å². The van der Waals surface area contributed by atoms with Crippen molar-refractivity contribution in [2.45, 2.75) is 18.6 Å². The minimum absolute atomic E-state index is 0.0655. The third-order valence-electron chi connectivity index (χ3n) is 4.24. The van der Waals surface area contributed by atoms with E-state index in [-0.39, 0.29) is 16.3 Å². The van der Waals surface area contributed by atoms with Crippen molar-refractivity contribution in [3.05, 3.63) is 68.1 Å². The Morgan fingerprint density at radius 2 is 2.00 bits per heavy atom. The van der Waals surface area contributed by atoms with Gasteiger partial charge in [0.05, 0.1) is 12.0 Å². The number of ether oxygens (including phenoxy) is 1. The van der Waals surface area contributed by atoms with Crippen molar-refractivity contribution in [1.29, 1.82) is 0 Å². The summed E-state index contributed by atoms with van der Waals surface area (Å²) in [6, 6.07) is 11.3. The SMILES string of the molecule is CCn1c(S/C(=C\c2ccc(OC)c([N+](=O)[O-])c2)C(=O)O)nnc1-c1ccc(Cl)cc1. The zero-order valence-electron chi connectivity index (χ0n) is 16.5. The minimum atomic E-state index is -1.19. The Bertz CT molecular complexity index is 1160. The van der Waals surface area contributed by atoms with Crippen LogP contribution >= 0.6 is 23.4 Å². The Balaban J connectivity index is 1.97. The lowest BCUT2D eigenvalue weighted by Gasteiger charge is -2.08. The maximum atomic E-state index is 11.8. The third-order valence-corrected chi connectivity index (χ3v) is 5.49. The molecular weight excluding hydrogens is 444 g/mol. The molecule has 160 valence electrons. The first-order valence-corrected chi connectivity index (χ1v) is 10.2. The summed E-state index contributed by atoms with van der Waals surface area (Å²) >= 11 is 6.85. The summed E-state index contributed by atoms with van der Waals surface area (Å²) in [7, 11) is 1.33. The highest BCUT2D eigenvalue weighted by atomic mass is 35.5. The van der Waals surface area contributed by atoms with Crippen molar-refractivity contribution in [3.63, 3.8) is 0 Å². The van der Waals surface area contributed by atoms with Crippen LogP contribution < -0.4 is 4.74 Å². The quantitative estimate of drug-likeness (QED) is 0.221. The van der Waals surface area contributed by atoms with Crippen molar-refractivity contribution < 1.29 is 19.6 Å². The molecule has 3 aromatic rings. The average molecular weight is 461 g/mol. The Labute approximate surface area is 186 Å². The number of carboxylic acid groups (broad SMARTS) is 1. The van der Waals surface area contributed by atoms with Gasteiger partial charge in [0.15, 0.2) is 16.7 Å². The molecule has 0 aliphatic rings. The molecule has 0 radical (unpaired) electrons. The fourth-order valence-corrected chi connectivity index (χ4v) is 3.80. The van der Waals surface area contributed by atoms with E-state index in [0.717, 1.165) is 17.3 Å². The number of nitro groups is 1. The van der Waals surface area contributed by atoms with Gasteiger partial charge in [-0.3, -0.25) is 10.1 Å². The van der Waals surface area contributed by atoms with Crippen LogP contribution in [0.5, 0.6) is 5.75 Å². The molecule has 1 N–H and O–H groups in total. The zero-order valence-corrected chi connectivity index (χ0v) is 18.1. The number of hydrogen-bond donors (Lipinski definition) is 1. The van der Waals surface area contributed by atoms with Gasteiger partial charge in [0.2, 0.25) is 0 Å². The monoisotopic (exact) mass is 460 g/mol. The molecule has 0 amide bonds. The second-order valence-electron chi connectivity index (χ2n) is 6.16. The van der Waals surface area contributed by atoms with Gasteiger partial charge in [-0.05, 0) is 60.7 Å². The second kappa shape index (κ2) is 9.63. The number of aliphatic carboxylic acids is 1. The molecule has 11 heteroatoms. The van der Waals surface area contributed by atoms with E-state index >= 15 is 0 Å². The van der Waals surface area contributed by atoms with E-state index in [9.17, 15) is 20.0 Å². The molecule has 2 aromatic carbocycles. The molecule has 0 aliphatic heterocycles. The smallest absolute Gasteiger partial charge is 0.342 e. The first-order chi connectivity index (χ1) is 14.8. The molecule has 0 bridgehead atoms. The standard InChI is InChI=1S/C20H17ClN4O5S/c1-3-24-18(13-5-7-14(21)8-6-13)22-23-20(24)31-17(19(26)27)11-12-4-9-16(30-2)15(10-12)25(28)29/h4-11H,3H2,1-2H3,(H,26,27)/b17-11-. The van der Waals surface area contributed by atoms with Gasteiger partial charge < -0.3 is 14.4 Å². The number of nitrogens with zero attached hydrogens (tertiary/aromatic N) is 4. The number of aromatic nitrogens is 3. The van der Waals surface area contributed by atoms with Gasteiger partial charge in [0, 0.05) is 23.2 Å². The van der Waals surface area contributed by atoms with Gasteiger partial charge in [0.25, 0.3) is 0 Å². The first kappa shape index (κ1) is 22.3. The van der Waals surface area contributed by atoms with E-state index in [0.29, 0.717) is 28.1 Å². The predicted octanol–water partition coefficient (Wildman–Crippen LogP) is 4.75. The molecule has 1 heterocycles. The molecule has 1 aromatic heterocycles. The Hall–Kier alpha value is -3.37. The molecule has 0 aliphatic carbocycles. The molecule has 0 atom stereocenters. The van der Waals surface area contributed by atoms with Crippen LogP contribution in [0, 0.1) is 10.1 Å².